The van der Waals surface area contributed by atoms with Crippen LogP contribution >= 0.6 is 0 Å². The van der Waals surface area contributed by atoms with Gasteiger partial charge in [0, 0.05) is 12.8 Å². The fourth-order valence-electron chi connectivity index (χ4n) is 2.10. The summed E-state index contributed by atoms with van der Waals surface area (Å²) in [6.45, 7) is 3.95. The minimum Gasteiger partial charge on any atom is -0.496 e. The molecule has 1 heterocycles. The van der Waals surface area contributed by atoms with Crippen LogP contribution in [-0.2, 0) is 15.1 Å². The molecule has 1 aromatic carbocycles. The molecule has 0 aromatic heterocycles. The van der Waals surface area contributed by atoms with Gasteiger partial charge in [-0.3, -0.25) is 4.79 Å². The van der Waals surface area contributed by atoms with Crippen LogP contribution < -0.4 is 4.74 Å². The maximum Gasteiger partial charge on any atom is 0.306 e. The fraction of sp³-hybridized carbons (Fsp3) is 0.462. The van der Waals surface area contributed by atoms with Crippen molar-refractivity contribution in [3.8, 4) is 5.75 Å². The Labute approximate surface area is 95.4 Å². The lowest BCUT2D eigenvalue weighted by Crippen LogP contribution is -2.21. The monoisotopic (exact) mass is 220 g/mol. The topological polar surface area (TPSA) is 35.5 Å². The van der Waals surface area contributed by atoms with Crippen molar-refractivity contribution in [3.05, 3.63) is 29.3 Å². The largest absolute Gasteiger partial charge is 0.496 e. The van der Waals surface area contributed by atoms with Crippen molar-refractivity contribution in [2.24, 2.45) is 0 Å². The molecule has 3 heteroatoms. The number of cyclic esters (lactones) is 1. The summed E-state index contributed by atoms with van der Waals surface area (Å²) in [5.41, 5.74) is 1.63. The van der Waals surface area contributed by atoms with Gasteiger partial charge in [-0.1, -0.05) is 6.07 Å². The lowest BCUT2D eigenvalue weighted by atomic mass is 9.92. The van der Waals surface area contributed by atoms with Gasteiger partial charge in [0.1, 0.15) is 11.4 Å². The smallest absolute Gasteiger partial charge is 0.306 e. The SMILES string of the molecule is COc1ccc(C2(C)CCC(=O)O2)cc1C. The molecule has 0 saturated carbocycles. The first-order chi connectivity index (χ1) is 7.55. The number of carbonyl (C=O) groups excluding carboxylic acids is 1. The summed E-state index contributed by atoms with van der Waals surface area (Å²) in [5, 5.41) is 0. The molecule has 1 aliphatic rings. The molecule has 1 fully saturated rings. The summed E-state index contributed by atoms with van der Waals surface area (Å²) in [6.07, 6.45) is 1.25. The second-order valence-electron chi connectivity index (χ2n) is 4.39. The van der Waals surface area contributed by atoms with Crippen molar-refractivity contribution in [2.45, 2.75) is 32.3 Å². The highest BCUT2D eigenvalue weighted by molar-refractivity contribution is 5.72. The summed E-state index contributed by atoms with van der Waals surface area (Å²) >= 11 is 0. The zero-order valence-electron chi connectivity index (χ0n) is 9.87. The normalized spacial score (nSPS) is 24.3. The molecule has 0 spiro atoms. The highest BCUT2D eigenvalue weighted by Gasteiger charge is 2.37. The molecule has 3 nitrogen and oxygen atoms in total. The van der Waals surface area contributed by atoms with Crippen molar-refractivity contribution in [2.75, 3.05) is 7.11 Å². The van der Waals surface area contributed by atoms with Crippen LogP contribution in [-0.4, -0.2) is 13.1 Å². The van der Waals surface area contributed by atoms with Gasteiger partial charge in [-0.15, -0.1) is 0 Å². The Balaban J connectivity index is 2.34. The lowest BCUT2D eigenvalue weighted by molar-refractivity contribution is -0.147. The number of methoxy groups -OCH3 is 1. The number of benzene rings is 1. The first kappa shape index (κ1) is 11.0. The van der Waals surface area contributed by atoms with Crippen molar-refractivity contribution < 1.29 is 14.3 Å². The number of carbonyl (C=O) groups is 1. The van der Waals surface area contributed by atoms with Gasteiger partial charge in [-0.05, 0) is 37.1 Å². The molecule has 1 atom stereocenters. The second kappa shape index (κ2) is 3.81. The molecular formula is C13H16O3. The first-order valence-electron chi connectivity index (χ1n) is 5.42. The van der Waals surface area contributed by atoms with E-state index >= 15 is 0 Å². The van der Waals surface area contributed by atoms with Crippen molar-refractivity contribution in [1.29, 1.82) is 0 Å². The summed E-state index contributed by atoms with van der Waals surface area (Å²) in [5.74, 6) is 0.743. The Kier molecular flexibility index (Phi) is 2.62. The van der Waals surface area contributed by atoms with E-state index in [2.05, 4.69) is 0 Å². The van der Waals surface area contributed by atoms with E-state index in [9.17, 15) is 4.79 Å². The van der Waals surface area contributed by atoms with Crippen LogP contribution in [0.15, 0.2) is 18.2 Å². The van der Waals surface area contributed by atoms with Crippen LogP contribution in [0, 0.1) is 6.92 Å². The predicted octanol–water partition coefficient (Wildman–Crippen LogP) is 2.56. The van der Waals surface area contributed by atoms with E-state index in [0.29, 0.717) is 6.42 Å². The summed E-state index contributed by atoms with van der Waals surface area (Å²) in [7, 11) is 1.65. The molecule has 0 bridgehead atoms. The third-order valence-electron chi connectivity index (χ3n) is 3.15. The van der Waals surface area contributed by atoms with Gasteiger partial charge in [0.2, 0.25) is 0 Å². The number of rotatable bonds is 2. The predicted molar refractivity (Wildman–Crippen MR) is 60.4 cm³/mol. The molecule has 0 N–H and O–H groups in total. The van der Waals surface area contributed by atoms with Crippen LogP contribution in [0.2, 0.25) is 0 Å². The standard InChI is InChI=1S/C13H16O3/c1-9-8-10(4-5-11(9)15-3)13(2)7-6-12(14)16-13/h4-5,8H,6-7H2,1-3H3. The zero-order valence-corrected chi connectivity index (χ0v) is 9.87. The van der Waals surface area contributed by atoms with Crippen LogP contribution in [0.3, 0.4) is 0 Å². The van der Waals surface area contributed by atoms with E-state index < -0.39 is 5.60 Å². The summed E-state index contributed by atoms with van der Waals surface area (Å²) in [6, 6.07) is 5.91. The molecule has 0 radical (unpaired) electrons. The van der Waals surface area contributed by atoms with Crippen molar-refractivity contribution in [1.82, 2.24) is 0 Å². The molecule has 1 saturated heterocycles. The molecule has 2 rings (SSSR count). The lowest BCUT2D eigenvalue weighted by Gasteiger charge is -2.23. The number of esters is 1. The number of ether oxygens (including phenoxy) is 2. The van der Waals surface area contributed by atoms with Gasteiger partial charge in [0.15, 0.2) is 0 Å². The van der Waals surface area contributed by atoms with Crippen molar-refractivity contribution >= 4 is 5.97 Å². The molecule has 0 aliphatic carbocycles. The Morgan fingerprint density at radius 3 is 2.69 bits per heavy atom. The van der Waals surface area contributed by atoms with Gasteiger partial charge in [-0.25, -0.2) is 0 Å². The average molecular weight is 220 g/mol. The van der Waals surface area contributed by atoms with E-state index in [1.807, 2.05) is 32.0 Å². The van der Waals surface area contributed by atoms with E-state index in [0.717, 1.165) is 23.3 Å². The molecule has 86 valence electrons. The Bertz CT molecular complexity index is 425. The van der Waals surface area contributed by atoms with Gasteiger partial charge in [0.25, 0.3) is 0 Å². The minimum atomic E-state index is -0.464. The molecule has 1 aromatic rings. The number of aryl methyl sites for hydroxylation is 1. The Hall–Kier alpha value is -1.51. The van der Waals surface area contributed by atoms with Gasteiger partial charge in [-0.2, -0.15) is 0 Å². The average Bonchev–Trinajstić information content (AvgIpc) is 2.60. The Morgan fingerprint density at radius 2 is 2.19 bits per heavy atom. The fourth-order valence-corrected chi connectivity index (χ4v) is 2.10. The van der Waals surface area contributed by atoms with E-state index in [-0.39, 0.29) is 5.97 Å². The first-order valence-corrected chi connectivity index (χ1v) is 5.42. The number of hydrogen-bond donors (Lipinski definition) is 0. The van der Waals surface area contributed by atoms with Crippen LogP contribution in [0.25, 0.3) is 0 Å². The van der Waals surface area contributed by atoms with Crippen LogP contribution in [0.4, 0.5) is 0 Å². The summed E-state index contributed by atoms with van der Waals surface area (Å²) in [4.78, 5) is 11.2. The highest BCUT2D eigenvalue weighted by Crippen LogP contribution is 2.37. The van der Waals surface area contributed by atoms with Crippen molar-refractivity contribution in [3.63, 3.8) is 0 Å². The van der Waals surface area contributed by atoms with E-state index in [1.54, 1.807) is 7.11 Å². The van der Waals surface area contributed by atoms with Crippen LogP contribution in [0.1, 0.15) is 30.9 Å². The summed E-state index contributed by atoms with van der Waals surface area (Å²) < 4.78 is 10.6. The molecule has 16 heavy (non-hydrogen) atoms. The van der Waals surface area contributed by atoms with Crippen LogP contribution in [0.5, 0.6) is 5.75 Å². The number of hydrogen-bond acceptors (Lipinski definition) is 3. The quantitative estimate of drug-likeness (QED) is 0.718. The zero-order chi connectivity index (χ0) is 11.8. The maximum absolute atomic E-state index is 11.2. The molecule has 0 amide bonds. The third kappa shape index (κ3) is 1.77. The van der Waals surface area contributed by atoms with Gasteiger partial charge >= 0.3 is 5.97 Å². The van der Waals surface area contributed by atoms with Gasteiger partial charge in [0.05, 0.1) is 7.11 Å². The third-order valence-corrected chi connectivity index (χ3v) is 3.15. The Morgan fingerprint density at radius 1 is 1.44 bits per heavy atom. The van der Waals surface area contributed by atoms with Gasteiger partial charge < -0.3 is 9.47 Å². The molecule has 1 aliphatic heterocycles. The maximum atomic E-state index is 11.2. The molecule has 1 unspecified atom stereocenters. The van der Waals surface area contributed by atoms with E-state index in [1.165, 1.54) is 0 Å². The highest BCUT2D eigenvalue weighted by atomic mass is 16.6. The van der Waals surface area contributed by atoms with E-state index in [4.69, 9.17) is 9.47 Å². The molecular weight excluding hydrogens is 204 g/mol. The minimum absolute atomic E-state index is 0.115. The second-order valence-corrected chi connectivity index (χ2v) is 4.39.